The number of pyridine rings is 1. The van der Waals surface area contributed by atoms with E-state index in [9.17, 15) is 4.79 Å². The lowest BCUT2D eigenvalue weighted by Crippen LogP contribution is -2.36. The fraction of sp³-hybridized carbons (Fsp3) is 0.368. The summed E-state index contributed by atoms with van der Waals surface area (Å²) in [5.74, 6) is 1.63. The van der Waals surface area contributed by atoms with Gasteiger partial charge in [-0.05, 0) is 49.1 Å². The van der Waals surface area contributed by atoms with E-state index in [2.05, 4.69) is 16.9 Å². The number of ketones is 1. The van der Waals surface area contributed by atoms with Crippen LogP contribution < -0.4 is 10.1 Å². The number of halogens is 2. The van der Waals surface area contributed by atoms with Crippen molar-refractivity contribution in [3.8, 4) is 5.75 Å². The number of benzene rings is 1. The molecule has 2 aromatic rings. The second-order valence-electron chi connectivity index (χ2n) is 6.02. The summed E-state index contributed by atoms with van der Waals surface area (Å²) in [5, 5.41) is 4.23. The van der Waals surface area contributed by atoms with Crippen LogP contribution in [0.15, 0.2) is 43.1 Å². The minimum atomic E-state index is 0. The van der Waals surface area contributed by atoms with Crippen molar-refractivity contribution < 1.29 is 9.53 Å². The molecular weight excluding hydrogens is 359 g/mol. The molecule has 1 saturated heterocycles. The van der Waals surface area contributed by atoms with Gasteiger partial charge in [-0.25, -0.2) is 0 Å². The Morgan fingerprint density at radius 3 is 2.92 bits per heavy atom. The number of methoxy groups -OCH3 is 1. The number of nitrogens with one attached hydrogen (secondary N) is 1. The average molecular weight is 383 g/mol. The van der Waals surface area contributed by atoms with Gasteiger partial charge in [-0.1, -0.05) is 6.08 Å². The molecule has 1 fully saturated rings. The van der Waals surface area contributed by atoms with Gasteiger partial charge in [-0.15, -0.1) is 31.4 Å². The van der Waals surface area contributed by atoms with Gasteiger partial charge in [0.2, 0.25) is 0 Å². The van der Waals surface area contributed by atoms with Crippen molar-refractivity contribution in [2.75, 3.05) is 20.2 Å². The molecule has 1 aliphatic rings. The minimum Gasteiger partial charge on any atom is -0.497 e. The largest absolute Gasteiger partial charge is 0.497 e. The highest BCUT2D eigenvalue weighted by Crippen LogP contribution is 2.28. The SMILES string of the molecule is C=CC1CNCCC1CC(=O)c1ccnc2ccc(OC)cc12.Cl.Cl. The smallest absolute Gasteiger partial charge is 0.163 e. The van der Waals surface area contributed by atoms with Crippen LogP contribution in [0.4, 0.5) is 0 Å². The summed E-state index contributed by atoms with van der Waals surface area (Å²) < 4.78 is 5.28. The maximum absolute atomic E-state index is 12.9. The summed E-state index contributed by atoms with van der Waals surface area (Å²) in [6.45, 7) is 5.78. The summed E-state index contributed by atoms with van der Waals surface area (Å²) in [4.78, 5) is 17.2. The van der Waals surface area contributed by atoms with Gasteiger partial charge >= 0.3 is 0 Å². The highest BCUT2D eigenvalue weighted by atomic mass is 35.5. The van der Waals surface area contributed by atoms with Crippen molar-refractivity contribution in [2.45, 2.75) is 12.8 Å². The fourth-order valence-electron chi connectivity index (χ4n) is 3.31. The maximum Gasteiger partial charge on any atom is 0.163 e. The number of piperidine rings is 1. The molecule has 2 atom stereocenters. The van der Waals surface area contributed by atoms with Crippen LogP contribution in [-0.2, 0) is 0 Å². The summed E-state index contributed by atoms with van der Waals surface area (Å²) in [6.07, 6.45) is 5.23. The molecule has 0 saturated carbocycles. The number of carbonyl (C=O) groups excluding carboxylic acids is 1. The highest BCUT2D eigenvalue weighted by molar-refractivity contribution is 6.07. The van der Waals surface area contributed by atoms with E-state index >= 15 is 0 Å². The molecule has 1 aromatic carbocycles. The summed E-state index contributed by atoms with van der Waals surface area (Å²) in [6, 6.07) is 7.46. The molecule has 0 radical (unpaired) electrons. The number of nitrogens with zero attached hydrogens (tertiary/aromatic N) is 1. The summed E-state index contributed by atoms with van der Waals surface area (Å²) in [7, 11) is 1.63. The van der Waals surface area contributed by atoms with Gasteiger partial charge in [0.15, 0.2) is 5.78 Å². The van der Waals surface area contributed by atoms with E-state index in [4.69, 9.17) is 4.74 Å². The van der Waals surface area contributed by atoms with Crippen LogP contribution in [0, 0.1) is 11.8 Å². The Bertz CT molecular complexity index is 736. The zero-order valence-corrected chi connectivity index (χ0v) is 15.9. The van der Waals surface area contributed by atoms with Crippen molar-refractivity contribution in [3.05, 3.63) is 48.7 Å². The number of Topliss-reactive ketones (excluding diaryl/α,β-unsaturated/α-hetero) is 1. The Morgan fingerprint density at radius 1 is 1.40 bits per heavy atom. The zero-order valence-electron chi connectivity index (χ0n) is 14.2. The topological polar surface area (TPSA) is 51.2 Å². The van der Waals surface area contributed by atoms with Crippen molar-refractivity contribution in [1.29, 1.82) is 0 Å². The number of hydrogen-bond donors (Lipinski definition) is 1. The summed E-state index contributed by atoms with van der Waals surface area (Å²) in [5.41, 5.74) is 1.55. The molecule has 1 aromatic heterocycles. The highest BCUT2D eigenvalue weighted by Gasteiger charge is 2.25. The Balaban J connectivity index is 0.00000156. The quantitative estimate of drug-likeness (QED) is 0.625. The Morgan fingerprint density at radius 2 is 2.20 bits per heavy atom. The molecule has 1 aliphatic heterocycles. The molecule has 136 valence electrons. The molecule has 2 unspecified atom stereocenters. The number of hydrogen-bond acceptors (Lipinski definition) is 4. The molecule has 4 nitrogen and oxygen atoms in total. The third-order valence-corrected chi connectivity index (χ3v) is 4.68. The number of fused-ring (bicyclic) bond motifs is 1. The first-order valence-electron chi connectivity index (χ1n) is 8.02. The lowest BCUT2D eigenvalue weighted by molar-refractivity contribution is 0.0941. The van der Waals surface area contributed by atoms with Gasteiger partial charge < -0.3 is 10.1 Å². The van der Waals surface area contributed by atoms with Crippen LogP contribution in [-0.4, -0.2) is 31.0 Å². The Kier molecular flexibility index (Phi) is 8.36. The molecule has 6 heteroatoms. The van der Waals surface area contributed by atoms with Crippen LogP contribution in [0.3, 0.4) is 0 Å². The first kappa shape index (κ1) is 21.4. The summed E-state index contributed by atoms with van der Waals surface area (Å²) >= 11 is 0. The number of ether oxygens (including phenoxy) is 1. The number of aromatic nitrogens is 1. The van der Waals surface area contributed by atoms with E-state index < -0.39 is 0 Å². The zero-order chi connectivity index (χ0) is 16.2. The standard InChI is InChI=1S/C19H22N2O2.2ClH/c1-3-13-12-20-8-6-14(13)10-19(22)16-7-9-21-18-5-4-15(23-2)11-17(16)18;;/h3-5,7,9,11,13-14,20H,1,6,8,10,12H2,2H3;2*1H. The van der Waals surface area contributed by atoms with Gasteiger partial charge in [-0.3, -0.25) is 9.78 Å². The van der Waals surface area contributed by atoms with Gasteiger partial charge in [0, 0.05) is 30.1 Å². The van der Waals surface area contributed by atoms with E-state index in [1.165, 1.54) is 0 Å². The lowest BCUT2D eigenvalue weighted by atomic mass is 9.82. The van der Waals surface area contributed by atoms with Crippen molar-refractivity contribution >= 4 is 41.5 Å². The third-order valence-electron chi connectivity index (χ3n) is 4.68. The van der Waals surface area contributed by atoms with E-state index in [-0.39, 0.29) is 30.6 Å². The van der Waals surface area contributed by atoms with Gasteiger partial charge in [0.25, 0.3) is 0 Å². The van der Waals surface area contributed by atoms with E-state index in [0.29, 0.717) is 18.3 Å². The first-order chi connectivity index (χ1) is 11.2. The van der Waals surface area contributed by atoms with E-state index in [0.717, 1.165) is 41.7 Å². The number of rotatable bonds is 5. The van der Waals surface area contributed by atoms with Crippen LogP contribution in [0.25, 0.3) is 10.9 Å². The molecule has 0 amide bonds. The average Bonchev–Trinajstić information content (AvgIpc) is 2.61. The molecule has 3 rings (SSSR count). The number of carbonyl (C=O) groups is 1. The molecule has 1 N–H and O–H groups in total. The van der Waals surface area contributed by atoms with E-state index in [1.807, 2.05) is 30.3 Å². The van der Waals surface area contributed by atoms with Crippen LogP contribution in [0.2, 0.25) is 0 Å². The normalized spacial score (nSPS) is 19.4. The molecule has 0 bridgehead atoms. The second-order valence-corrected chi connectivity index (χ2v) is 6.02. The van der Waals surface area contributed by atoms with Crippen LogP contribution >= 0.6 is 24.8 Å². The van der Waals surface area contributed by atoms with Crippen LogP contribution in [0.1, 0.15) is 23.2 Å². The monoisotopic (exact) mass is 382 g/mol. The van der Waals surface area contributed by atoms with Gasteiger partial charge in [0.1, 0.15) is 5.75 Å². The van der Waals surface area contributed by atoms with Crippen LogP contribution in [0.5, 0.6) is 5.75 Å². The van der Waals surface area contributed by atoms with Gasteiger partial charge in [-0.2, -0.15) is 0 Å². The maximum atomic E-state index is 12.9. The fourth-order valence-corrected chi connectivity index (χ4v) is 3.31. The molecule has 0 spiro atoms. The minimum absolute atomic E-state index is 0. The molecule has 25 heavy (non-hydrogen) atoms. The first-order valence-corrected chi connectivity index (χ1v) is 8.02. The van der Waals surface area contributed by atoms with E-state index in [1.54, 1.807) is 13.3 Å². The van der Waals surface area contributed by atoms with Crippen molar-refractivity contribution in [3.63, 3.8) is 0 Å². The molecular formula is C19H24Cl2N2O2. The van der Waals surface area contributed by atoms with Crippen molar-refractivity contribution in [2.24, 2.45) is 11.8 Å². The van der Waals surface area contributed by atoms with Gasteiger partial charge in [0.05, 0.1) is 12.6 Å². The lowest BCUT2D eigenvalue weighted by Gasteiger charge is -2.29. The Hall–Kier alpha value is -1.62. The predicted octanol–water partition coefficient (Wildman–Crippen LogP) is 4.07. The second kappa shape index (κ2) is 9.76. The predicted molar refractivity (Wildman–Crippen MR) is 106 cm³/mol. The molecule has 2 heterocycles. The Labute approximate surface area is 160 Å². The molecule has 0 aliphatic carbocycles. The third kappa shape index (κ3) is 4.72. The van der Waals surface area contributed by atoms with Crippen molar-refractivity contribution in [1.82, 2.24) is 10.3 Å².